The van der Waals surface area contributed by atoms with Crippen molar-refractivity contribution in [3.63, 3.8) is 0 Å². The number of benzene rings is 1. The number of halogens is 1. The number of likely N-dealkylation sites (N-methyl/N-ethyl adjacent to an activating group) is 1. The van der Waals surface area contributed by atoms with Crippen LogP contribution in [-0.2, 0) is 16.1 Å². The number of rotatable bonds is 4. The Morgan fingerprint density at radius 2 is 2.14 bits per heavy atom. The van der Waals surface area contributed by atoms with E-state index >= 15 is 0 Å². The Kier molecular flexibility index (Phi) is 5.76. The minimum atomic E-state index is -0.338. The Bertz CT molecular complexity index is 928. The number of thioether (sulfide) groups is 1. The molecule has 29 heavy (non-hydrogen) atoms. The Morgan fingerprint density at radius 1 is 1.31 bits per heavy atom. The molecule has 2 fully saturated rings. The molecular formula is C22H23FN2O3S. The first-order chi connectivity index (χ1) is 14.0. The van der Waals surface area contributed by atoms with Crippen LogP contribution in [0.2, 0.25) is 0 Å². The predicted octanol–water partition coefficient (Wildman–Crippen LogP) is 3.82. The molecule has 1 saturated heterocycles. The number of carbonyl (C=O) groups is 2. The molecule has 2 heterocycles. The zero-order chi connectivity index (χ0) is 20.4. The maximum absolute atomic E-state index is 14.0. The molecular weight excluding hydrogens is 391 g/mol. The molecule has 0 spiro atoms. The molecule has 7 heteroatoms. The lowest BCUT2D eigenvalue weighted by Crippen LogP contribution is -2.52. The molecule has 1 aliphatic heterocycles. The van der Waals surface area contributed by atoms with Crippen molar-refractivity contribution < 1.29 is 18.4 Å². The largest absolute Gasteiger partial charge is 0.467 e. The summed E-state index contributed by atoms with van der Waals surface area (Å²) in [6, 6.07) is 10.1. The third kappa shape index (κ3) is 4.24. The average Bonchev–Trinajstić information content (AvgIpc) is 3.25. The van der Waals surface area contributed by atoms with Crippen LogP contribution in [0.3, 0.4) is 0 Å². The number of hydrogen-bond donors (Lipinski definition) is 1. The third-order valence-electron chi connectivity index (χ3n) is 5.64. The molecule has 3 unspecified atom stereocenters. The van der Waals surface area contributed by atoms with Crippen LogP contribution < -0.4 is 5.32 Å². The second-order valence-electron chi connectivity index (χ2n) is 7.48. The summed E-state index contributed by atoms with van der Waals surface area (Å²) in [4.78, 5) is 27.7. The predicted molar refractivity (Wildman–Crippen MR) is 110 cm³/mol. The number of nitrogens with one attached hydrogen (secondary N) is 1. The fraction of sp³-hybridized carbons (Fsp3) is 0.364. The van der Waals surface area contributed by atoms with Gasteiger partial charge in [-0.15, -0.1) is 11.8 Å². The van der Waals surface area contributed by atoms with Gasteiger partial charge in [-0.25, -0.2) is 4.39 Å². The van der Waals surface area contributed by atoms with E-state index in [0.29, 0.717) is 23.4 Å². The zero-order valence-electron chi connectivity index (χ0n) is 16.1. The first-order valence-electron chi connectivity index (χ1n) is 9.73. The summed E-state index contributed by atoms with van der Waals surface area (Å²) < 4.78 is 19.2. The number of amides is 2. The van der Waals surface area contributed by atoms with Crippen molar-refractivity contribution in [2.75, 3.05) is 7.05 Å². The second-order valence-corrected chi connectivity index (χ2v) is 8.76. The minimum Gasteiger partial charge on any atom is -0.467 e. The van der Waals surface area contributed by atoms with Gasteiger partial charge in [0.25, 0.3) is 5.91 Å². The van der Waals surface area contributed by atoms with Crippen LogP contribution in [0.25, 0.3) is 6.08 Å². The molecule has 3 atom stereocenters. The Hall–Kier alpha value is -2.54. The average molecular weight is 415 g/mol. The Morgan fingerprint density at radius 3 is 2.90 bits per heavy atom. The summed E-state index contributed by atoms with van der Waals surface area (Å²) >= 11 is 1.51. The van der Waals surface area contributed by atoms with Gasteiger partial charge >= 0.3 is 0 Å². The molecule has 5 nitrogen and oxygen atoms in total. The van der Waals surface area contributed by atoms with Gasteiger partial charge < -0.3 is 14.6 Å². The van der Waals surface area contributed by atoms with Crippen molar-refractivity contribution in [2.24, 2.45) is 5.92 Å². The Balaban J connectivity index is 1.42. The van der Waals surface area contributed by atoms with Crippen LogP contribution in [0.1, 0.15) is 30.6 Å². The normalized spacial score (nSPS) is 25.7. The highest BCUT2D eigenvalue weighted by molar-refractivity contribution is 8.04. The minimum absolute atomic E-state index is 0.00149. The van der Waals surface area contributed by atoms with Gasteiger partial charge in [0.2, 0.25) is 5.91 Å². The topological polar surface area (TPSA) is 62.6 Å². The SMILES string of the molecule is CN1C(=O)/C(=C/c2ccccc2F)SC2CCC(C(=O)NCc3ccco3)CC21. The van der Waals surface area contributed by atoms with E-state index in [-0.39, 0.29) is 34.8 Å². The molecule has 4 rings (SSSR count). The van der Waals surface area contributed by atoms with E-state index in [1.54, 1.807) is 48.6 Å². The van der Waals surface area contributed by atoms with Crippen molar-refractivity contribution in [1.29, 1.82) is 0 Å². The van der Waals surface area contributed by atoms with Crippen molar-refractivity contribution in [1.82, 2.24) is 10.2 Å². The summed E-state index contributed by atoms with van der Waals surface area (Å²) in [6.07, 6.45) is 5.46. The van der Waals surface area contributed by atoms with Crippen molar-refractivity contribution in [3.8, 4) is 0 Å². The molecule has 1 aliphatic carbocycles. The monoisotopic (exact) mass is 414 g/mol. The quantitative estimate of drug-likeness (QED) is 0.773. The number of hydrogen-bond acceptors (Lipinski definition) is 4. The van der Waals surface area contributed by atoms with Gasteiger partial charge in [0, 0.05) is 29.8 Å². The zero-order valence-corrected chi connectivity index (χ0v) is 17.0. The Labute approximate surface area is 173 Å². The van der Waals surface area contributed by atoms with Gasteiger partial charge in [0.15, 0.2) is 0 Å². The molecule has 152 valence electrons. The van der Waals surface area contributed by atoms with Crippen LogP contribution in [0.5, 0.6) is 0 Å². The van der Waals surface area contributed by atoms with Crippen molar-refractivity contribution >= 4 is 29.7 Å². The molecule has 2 aliphatic rings. The van der Waals surface area contributed by atoms with Crippen molar-refractivity contribution in [2.45, 2.75) is 37.1 Å². The lowest BCUT2D eigenvalue weighted by molar-refractivity contribution is -0.132. The molecule has 1 aromatic heterocycles. The number of carbonyl (C=O) groups excluding carboxylic acids is 2. The summed E-state index contributed by atoms with van der Waals surface area (Å²) in [7, 11) is 1.78. The summed E-state index contributed by atoms with van der Waals surface area (Å²) in [6.45, 7) is 0.371. The summed E-state index contributed by atoms with van der Waals surface area (Å²) in [5, 5.41) is 3.14. The maximum atomic E-state index is 14.0. The highest BCUT2D eigenvalue weighted by Gasteiger charge is 2.42. The molecule has 0 radical (unpaired) electrons. The number of nitrogens with zero attached hydrogens (tertiary/aromatic N) is 1. The van der Waals surface area contributed by atoms with E-state index < -0.39 is 0 Å². The molecule has 2 aromatic rings. The summed E-state index contributed by atoms with van der Waals surface area (Å²) in [5.74, 6) is 0.138. The van der Waals surface area contributed by atoms with E-state index in [9.17, 15) is 14.0 Å². The molecule has 0 bridgehead atoms. The second kappa shape index (κ2) is 8.45. The van der Waals surface area contributed by atoms with E-state index in [2.05, 4.69) is 5.32 Å². The highest BCUT2D eigenvalue weighted by Crippen LogP contribution is 2.43. The van der Waals surface area contributed by atoms with Crippen LogP contribution >= 0.6 is 11.8 Å². The summed E-state index contributed by atoms with van der Waals surface area (Å²) in [5.41, 5.74) is 0.418. The third-order valence-corrected chi connectivity index (χ3v) is 7.04. The van der Waals surface area contributed by atoms with Gasteiger partial charge in [-0.05, 0) is 43.5 Å². The first kappa shape index (κ1) is 19.8. The van der Waals surface area contributed by atoms with Crippen LogP contribution in [-0.4, -0.2) is 35.1 Å². The van der Waals surface area contributed by atoms with Crippen LogP contribution in [0.4, 0.5) is 4.39 Å². The van der Waals surface area contributed by atoms with E-state index in [1.807, 2.05) is 6.07 Å². The van der Waals surface area contributed by atoms with E-state index in [0.717, 1.165) is 18.6 Å². The lowest BCUT2D eigenvalue weighted by Gasteiger charge is -2.44. The van der Waals surface area contributed by atoms with Gasteiger partial charge in [-0.3, -0.25) is 9.59 Å². The van der Waals surface area contributed by atoms with E-state index in [4.69, 9.17) is 4.42 Å². The van der Waals surface area contributed by atoms with Gasteiger partial charge in [0.1, 0.15) is 11.6 Å². The van der Waals surface area contributed by atoms with Gasteiger partial charge in [-0.2, -0.15) is 0 Å². The van der Waals surface area contributed by atoms with Gasteiger partial charge in [0.05, 0.1) is 17.7 Å². The number of fused-ring (bicyclic) bond motifs is 1. The number of furan rings is 1. The smallest absolute Gasteiger partial charge is 0.260 e. The standard InChI is InChI=1S/C22H23FN2O3S/c1-25-18-11-15(21(26)24-13-16-6-4-10-28-16)8-9-19(18)29-20(22(25)27)12-14-5-2-3-7-17(14)23/h2-7,10,12,15,18-19H,8-9,11,13H2,1H3,(H,24,26)/b20-12-. The van der Waals surface area contributed by atoms with Crippen molar-refractivity contribution in [3.05, 3.63) is 64.7 Å². The molecule has 1 N–H and O–H groups in total. The fourth-order valence-electron chi connectivity index (χ4n) is 4.00. The van der Waals surface area contributed by atoms with Gasteiger partial charge in [-0.1, -0.05) is 18.2 Å². The van der Waals surface area contributed by atoms with Crippen LogP contribution in [0.15, 0.2) is 52.0 Å². The molecule has 2 amide bonds. The highest BCUT2D eigenvalue weighted by atomic mass is 32.2. The van der Waals surface area contributed by atoms with E-state index in [1.165, 1.54) is 17.8 Å². The maximum Gasteiger partial charge on any atom is 0.260 e. The first-order valence-corrected chi connectivity index (χ1v) is 10.6. The molecule has 1 saturated carbocycles. The lowest BCUT2D eigenvalue weighted by atomic mass is 9.83. The van der Waals surface area contributed by atoms with Crippen LogP contribution in [0, 0.1) is 11.7 Å². The fourth-order valence-corrected chi connectivity index (χ4v) is 5.47. The molecule has 1 aromatic carbocycles.